The van der Waals surface area contributed by atoms with Gasteiger partial charge in [-0.2, -0.15) is 0 Å². The van der Waals surface area contributed by atoms with E-state index in [9.17, 15) is 37.8 Å². The number of rotatable bonds is 10. The van der Waals surface area contributed by atoms with Crippen molar-refractivity contribution in [2.45, 2.75) is 42.7 Å². The smallest absolute Gasteiger partial charge is 0.328 e. The first-order valence-corrected chi connectivity index (χ1v) is 19.7. The summed E-state index contributed by atoms with van der Waals surface area (Å²) in [5.74, 6) is -6.06. The van der Waals surface area contributed by atoms with Crippen LogP contribution in [-0.2, 0) is 29.2 Å². The van der Waals surface area contributed by atoms with Crippen molar-refractivity contribution in [3.63, 3.8) is 0 Å². The molecule has 2 fully saturated rings. The number of nitrogens with one attached hydrogen (secondary N) is 1. The number of nitrogens with two attached hydrogens (primary N) is 1. The van der Waals surface area contributed by atoms with Crippen molar-refractivity contribution >= 4 is 79.6 Å². The van der Waals surface area contributed by atoms with Crippen LogP contribution in [0.3, 0.4) is 0 Å². The highest BCUT2D eigenvalue weighted by Gasteiger charge is 2.30. The number of carboxylic acid groups (broad SMARTS) is 4. The second-order valence-corrected chi connectivity index (χ2v) is 15.5. The maximum atomic E-state index is 15.4. The average molecular weight is 863 g/mol. The van der Waals surface area contributed by atoms with Gasteiger partial charge in [0.25, 0.3) is 10.0 Å². The zero-order valence-electron chi connectivity index (χ0n) is 30.8. The number of carboxylic acids is 4. The van der Waals surface area contributed by atoms with Crippen molar-refractivity contribution in [2.24, 2.45) is 0 Å². The molecule has 0 atom stereocenters. The number of carbonyl (C=O) groups is 4. The van der Waals surface area contributed by atoms with Gasteiger partial charge in [-0.3, -0.25) is 9.62 Å². The molecule has 310 valence electrons. The standard InChI is InChI=1S/C29H32Cl2FN7O2S.2C4H4O4/c1-37-11-13-38(14-12-37)19-6-8-20(9-7-19)39-16-21(26-28(33)34-17-35-29(26)39)18-5-10-25(24(32)15-18)36-42(40,41)27-22(30)3-2-4-23(27)31;2*5-3(6)1-2-4(7)8/h2-5,10,15-17,19-20,36H,6-9,11-14H2,1H3,(H2,33,34,35);2*1-2H,(H,5,6)(H,7,8)/p-2/b;2*2-1-. The maximum absolute atomic E-state index is 15.4. The largest absolute Gasteiger partial charge is 0.545 e. The fraction of sp³-hybridized carbons (Fsp3) is 0.297. The van der Waals surface area contributed by atoms with Crippen LogP contribution in [0.1, 0.15) is 31.7 Å². The van der Waals surface area contributed by atoms with E-state index in [0.29, 0.717) is 58.3 Å². The highest BCUT2D eigenvalue weighted by Crippen LogP contribution is 2.40. The van der Waals surface area contributed by atoms with Crippen LogP contribution in [0.4, 0.5) is 15.9 Å². The predicted molar refractivity (Wildman–Crippen MR) is 209 cm³/mol. The number of hydrogen-bond donors (Lipinski definition) is 4. The van der Waals surface area contributed by atoms with Crippen LogP contribution in [0, 0.1) is 5.82 Å². The number of benzene rings is 2. The molecule has 0 amide bonds. The molecule has 1 saturated heterocycles. The van der Waals surface area contributed by atoms with Crippen LogP contribution in [0.25, 0.3) is 22.2 Å². The second kappa shape index (κ2) is 20.2. The van der Waals surface area contributed by atoms with Crippen molar-refractivity contribution in [3.8, 4) is 11.1 Å². The van der Waals surface area contributed by atoms with E-state index in [1.807, 2.05) is 6.20 Å². The molecule has 0 radical (unpaired) electrons. The highest BCUT2D eigenvalue weighted by atomic mass is 35.5. The zero-order chi connectivity index (χ0) is 42.7. The molecule has 17 nitrogen and oxygen atoms in total. The van der Waals surface area contributed by atoms with Crippen molar-refractivity contribution in [3.05, 3.63) is 89.1 Å². The lowest BCUT2D eigenvalue weighted by Crippen LogP contribution is -2.49. The summed E-state index contributed by atoms with van der Waals surface area (Å²) in [6.07, 6.45) is 9.51. The molecule has 1 aliphatic heterocycles. The molecule has 21 heteroatoms. The summed E-state index contributed by atoms with van der Waals surface area (Å²) in [5, 5.41) is 35.0. The number of anilines is 2. The van der Waals surface area contributed by atoms with E-state index in [0.717, 1.165) is 51.9 Å². The number of aliphatic carboxylic acids is 4. The van der Waals surface area contributed by atoms with Gasteiger partial charge < -0.3 is 45.2 Å². The van der Waals surface area contributed by atoms with Crippen molar-refractivity contribution < 1.29 is 52.4 Å². The number of hydrogen-bond acceptors (Lipinski definition) is 13. The summed E-state index contributed by atoms with van der Waals surface area (Å²) < 4.78 is 45.8. The molecule has 2 aliphatic rings. The Morgan fingerprint density at radius 2 is 1.43 bits per heavy atom. The Bertz CT molecular complexity index is 2240. The number of halogens is 3. The topological polar surface area (TPSA) is 264 Å². The number of nitrogen functional groups attached to an aromatic ring is 1. The SMILES string of the molecule is CN1CCN(C2CCC(n3cc(-c4ccc(NS(=O)(=O)c5c(Cl)cccc5Cl)c(F)c4)c4c(N)ncnc43)CC2)CC1.O=C([O-])/C=C\C(=O)O.O=C([O-])/C=C\C(=O)O. The molecule has 2 aromatic carbocycles. The van der Waals surface area contributed by atoms with Crippen LogP contribution in [0.2, 0.25) is 10.0 Å². The molecule has 58 heavy (non-hydrogen) atoms. The van der Waals surface area contributed by atoms with Gasteiger partial charge in [-0.05, 0) is 74.7 Å². The van der Waals surface area contributed by atoms with Crippen LogP contribution < -0.4 is 20.7 Å². The lowest BCUT2D eigenvalue weighted by atomic mass is 9.89. The Labute approximate surface area is 341 Å². The molecule has 6 rings (SSSR count). The lowest BCUT2D eigenvalue weighted by molar-refractivity contribution is -0.298. The van der Waals surface area contributed by atoms with E-state index in [2.05, 4.69) is 36.1 Å². The third-order valence-corrected chi connectivity index (χ3v) is 11.5. The summed E-state index contributed by atoms with van der Waals surface area (Å²) in [6, 6.07) is 9.46. The molecule has 5 N–H and O–H groups in total. The normalized spacial score (nSPS) is 17.6. The van der Waals surface area contributed by atoms with E-state index in [-0.39, 0.29) is 26.7 Å². The van der Waals surface area contributed by atoms with Gasteiger partial charge in [0.2, 0.25) is 0 Å². The minimum absolute atomic E-state index is 0.0621. The first-order chi connectivity index (χ1) is 27.4. The first-order valence-electron chi connectivity index (χ1n) is 17.4. The molecule has 1 saturated carbocycles. The summed E-state index contributed by atoms with van der Waals surface area (Å²) >= 11 is 12.2. The third-order valence-electron chi connectivity index (χ3n) is 9.19. The number of likely N-dealkylation sites (N-methyl/N-ethyl adjacent to an activating group) is 1. The number of aromatic nitrogens is 3. The Morgan fingerprint density at radius 3 is 1.93 bits per heavy atom. The summed E-state index contributed by atoms with van der Waals surface area (Å²) in [7, 11) is -2.07. The second-order valence-electron chi connectivity index (χ2n) is 13.0. The molecule has 4 aromatic rings. The number of piperazine rings is 1. The van der Waals surface area contributed by atoms with Gasteiger partial charge >= 0.3 is 11.9 Å². The maximum Gasteiger partial charge on any atom is 0.328 e. The third kappa shape index (κ3) is 12.2. The van der Waals surface area contributed by atoms with E-state index < -0.39 is 39.7 Å². The number of nitrogens with zero attached hydrogens (tertiary/aromatic N) is 5. The number of carbonyl (C=O) groups excluding carboxylic acids is 2. The van der Waals surface area contributed by atoms with E-state index in [4.69, 9.17) is 39.1 Å². The van der Waals surface area contributed by atoms with Gasteiger partial charge in [0, 0.05) is 62.2 Å². The molecule has 0 spiro atoms. The first kappa shape index (κ1) is 45.1. The van der Waals surface area contributed by atoms with Crippen LogP contribution in [0.15, 0.2) is 78.1 Å². The van der Waals surface area contributed by atoms with E-state index in [1.165, 1.54) is 36.7 Å². The Kier molecular flexibility index (Phi) is 15.7. The summed E-state index contributed by atoms with van der Waals surface area (Å²) in [6.45, 7) is 4.42. The Morgan fingerprint density at radius 1 is 0.879 bits per heavy atom. The van der Waals surface area contributed by atoms with Gasteiger partial charge in [0.05, 0.1) is 33.1 Å². The van der Waals surface area contributed by atoms with Gasteiger partial charge in [-0.25, -0.2) is 32.4 Å². The predicted octanol–water partition coefficient (Wildman–Crippen LogP) is 2.41. The Hall–Kier alpha value is -5.60. The monoisotopic (exact) mass is 861 g/mol. The highest BCUT2D eigenvalue weighted by molar-refractivity contribution is 7.93. The molecule has 2 aromatic heterocycles. The van der Waals surface area contributed by atoms with Crippen molar-refractivity contribution in [1.29, 1.82) is 0 Å². The van der Waals surface area contributed by atoms with Crippen LogP contribution in [0.5, 0.6) is 0 Å². The fourth-order valence-electron chi connectivity index (χ4n) is 6.47. The minimum atomic E-state index is -4.25. The quantitative estimate of drug-likeness (QED) is 0.167. The molecular weight excluding hydrogens is 824 g/mol. The number of fused-ring (bicyclic) bond motifs is 1. The molecule has 0 bridgehead atoms. The van der Waals surface area contributed by atoms with Crippen molar-refractivity contribution in [1.82, 2.24) is 24.3 Å². The lowest BCUT2D eigenvalue weighted by Gasteiger charge is -2.41. The van der Waals surface area contributed by atoms with Gasteiger partial charge in [0.1, 0.15) is 28.5 Å². The minimum Gasteiger partial charge on any atom is -0.545 e. The average Bonchev–Trinajstić information content (AvgIpc) is 3.56. The van der Waals surface area contributed by atoms with Gasteiger partial charge in [0.15, 0.2) is 0 Å². The molecule has 0 unspecified atom stereocenters. The fourth-order valence-corrected chi connectivity index (χ4v) is 8.69. The summed E-state index contributed by atoms with van der Waals surface area (Å²) in [5.41, 5.74) is 8.02. The Balaban J connectivity index is 0.000000393. The van der Waals surface area contributed by atoms with E-state index >= 15 is 4.39 Å². The molecule has 1 aliphatic carbocycles. The van der Waals surface area contributed by atoms with Gasteiger partial charge in [-0.1, -0.05) is 35.3 Å². The molecule has 3 heterocycles. The molecular formula is C37H38Cl2FN7O10S-2. The number of sulfonamides is 1. The van der Waals surface area contributed by atoms with Gasteiger partial charge in [-0.15, -0.1) is 0 Å². The van der Waals surface area contributed by atoms with E-state index in [1.54, 1.807) is 6.07 Å². The van der Waals surface area contributed by atoms with Crippen LogP contribution >= 0.6 is 23.2 Å². The van der Waals surface area contributed by atoms with Crippen LogP contribution in [-0.4, -0.2) is 106 Å². The summed E-state index contributed by atoms with van der Waals surface area (Å²) in [4.78, 5) is 51.4. The zero-order valence-corrected chi connectivity index (χ0v) is 33.1. The van der Waals surface area contributed by atoms with Crippen molar-refractivity contribution in [2.75, 3.05) is 43.7 Å².